The van der Waals surface area contributed by atoms with Gasteiger partial charge in [-0.3, -0.25) is 9.78 Å². The summed E-state index contributed by atoms with van der Waals surface area (Å²) in [6.45, 7) is 2.55. The number of carbonyl (C=O) groups is 1. The van der Waals surface area contributed by atoms with E-state index in [4.69, 9.17) is 5.73 Å². The van der Waals surface area contributed by atoms with Gasteiger partial charge in [-0.25, -0.2) is 0 Å². The molecule has 3 N–H and O–H groups in total. The van der Waals surface area contributed by atoms with E-state index in [-0.39, 0.29) is 5.91 Å². The number of pyridine rings is 1. The maximum absolute atomic E-state index is 12.2. The number of hydrogen-bond acceptors (Lipinski definition) is 4. The first-order valence-electron chi connectivity index (χ1n) is 6.74. The zero-order valence-corrected chi connectivity index (χ0v) is 12.6. The monoisotopic (exact) mass is 284 g/mol. The van der Waals surface area contributed by atoms with Crippen LogP contribution in [-0.4, -0.2) is 29.9 Å². The van der Waals surface area contributed by atoms with Gasteiger partial charge >= 0.3 is 0 Å². The topological polar surface area (TPSA) is 71.2 Å². The molecule has 0 saturated carbocycles. The third-order valence-corrected chi connectivity index (χ3v) is 3.24. The van der Waals surface area contributed by atoms with Crippen molar-refractivity contribution in [1.29, 1.82) is 0 Å². The van der Waals surface area contributed by atoms with Crippen LogP contribution in [-0.2, 0) is 6.54 Å². The molecule has 0 aliphatic heterocycles. The molecule has 0 aliphatic rings. The molecule has 0 unspecified atom stereocenters. The minimum Gasteiger partial charge on any atom is -0.399 e. The van der Waals surface area contributed by atoms with Crippen LogP contribution in [0.2, 0.25) is 0 Å². The zero-order valence-electron chi connectivity index (χ0n) is 12.6. The lowest BCUT2D eigenvalue weighted by Crippen LogP contribution is -2.23. The second-order valence-electron chi connectivity index (χ2n) is 5.13. The minimum absolute atomic E-state index is 0.0600. The molecule has 1 heterocycles. The smallest absolute Gasteiger partial charge is 0.255 e. The molecule has 0 spiro atoms. The number of amides is 1. The summed E-state index contributed by atoms with van der Waals surface area (Å²) < 4.78 is 0. The van der Waals surface area contributed by atoms with E-state index in [0.717, 1.165) is 16.9 Å². The molecule has 0 aliphatic carbocycles. The van der Waals surface area contributed by atoms with Gasteiger partial charge in [-0.1, -0.05) is 6.07 Å². The van der Waals surface area contributed by atoms with E-state index in [1.165, 1.54) is 0 Å². The molecule has 0 bridgehead atoms. The van der Waals surface area contributed by atoms with Crippen LogP contribution in [0.3, 0.4) is 0 Å². The SMILES string of the molecule is Cc1cccnc1CNc1cc(N)ccc1C(=O)N(C)C. The third-order valence-electron chi connectivity index (χ3n) is 3.24. The van der Waals surface area contributed by atoms with E-state index < -0.39 is 0 Å². The van der Waals surface area contributed by atoms with E-state index in [1.54, 1.807) is 43.4 Å². The Labute approximate surface area is 124 Å². The largest absolute Gasteiger partial charge is 0.399 e. The molecule has 1 amide bonds. The normalized spacial score (nSPS) is 10.2. The highest BCUT2D eigenvalue weighted by Crippen LogP contribution is 2.21. The second-order valence-corrected chi connectivity index (χ2v) is 5.13. The first-order valence-corrected chi connectivity index (χ1v) is 6.74. The Hall–Kier alpha value is -2.56. The van der Waals surface area contributed by atoms with Crippen LogP contribution in [0.1, 0.15) is 21.6 Å². The van der Waals surface area contributed by atoms with Gasteiger partial charge in [0.1, 0.15) is 0 Å². The van der Waals surface area contributed by atoms with Crippen molar-refractivity contribution < 1.29 is 4.79 Å². The number of aromatic nitrogens is 1. The van der Waals surface area contributed by atoms with Gasteiger partial charge in [-0.15, -0.1) is 0 Å². The third kappa shape index (κ3) is 3.51. The van der Waals surface area contributed by atoms with Crippen LogP contribution in [0, 0.1) is 6.92 Å². The maximum Gasteiger partial charge on any atom is 0.255 e. The fourth-order valence-corrected chi connectivity index (χ4v) is 2.02. The number of nitrogen functional groups attached to an aromatic ring is 1. The highest BCUT2D eigenvalue weighted by atomic mass is 16.2. The van der Waals surface area contributed by atoms with Crippen molar-refractivity contribution in [3.05, 3.63) is 53.3 Å². The highest BCUT2D eigenvalue weighted by Gasteiger charge is 2.13. The first kappa shape index (κ1) is 14.8. The summed E-state index contributed by atoms with van der Waals surface area (Å²) in [5.74, 6) is -0.0600. The van der Waals surface area contributed by atoms with Crippen LogP contribution in [0.25, 0.3) is 0 Å². The predicted molar refractivity (Wildman–Crippen MR) is 85.2 cm³/mol. The summed E-state index contributed by atoms with van der Waals surface area (Å²) in [5, 5.41) is 3.26. The number of nitrogens with two attached hydrogens (primary N) is 1. The van der Waals surface area contributed by atoms with Gasteiger partial charge in [0.2, 0.25) is 0 Å². The molecule has 0 fully saturated rings. The van der Waals surface area contributed by atoms with E-state index in [2.05, 4.69) is 10.3 Å². The minimum atomic E-state index is -0.0600. The lowest BCUT2D eigenvalue weighted by Gasteiger charge is -2.16. The zero-order chi connectivity index (χ0) is 15.4. The fraction of sp³-hybridized carbons (Fsp3) is 0.250. The Bertz CT molecular complexity index is 652. The van der Waals surface area contributed by atoms with Crippen molar-refractivity contribution in [2.75, 3.05) is 25.1 Å². The van der Waals surface area contributed by atoms with Gasteiger partial charge in [0.15, 0.2) is 0 Å². The molecule has 2 aromatic rings. The Morgan fingerprint density at radius 2 is 2.10 bits per heavy atom. The maximum atomic E-state index is 12.2. The number of nitrogens with zero attached hydrogens (tertiary/aromatic N) is 2. The number of nitrogens with one attached hydrogen (secondary N) is 1. The van der Waals surface area contributed by atoms with Crippen molar-refractivity contribution >= 4 is 17.3 Å². The number of hydrogen-bond donors (Lipinski definition) is 2. The van der Waals surface area contributed by atoms with E-state index in [9.17, 15) is 4.79 Å². The molecule has 0 saturated heterocycles. The molecule has 5 heteroatoms. The van der Waals surface area contributed by atoms with Crippen LogP contribution < -0.4 is 11.1 Å². The Kier molecular flexibility index (Phi) is 4.42. The summed E-state index contributed by atoms with van der Waals surface area (Å²) in [5.41, 5.74) is 9.81. The molecule has 0 atom stereocenters. The lowest BCUT2D eigenvalue weighted by atomic mass is 10.1. The van der Waals surface area contributed by atoms with Crippen LogP contribution in [0.15, 0.2) is 36.5 Å². The molecule has 1 aromatic carbocycles. The summed E-state index contributed by atoms with van der Waals surface area (Å²) in [4.78, 5) is 18.1. The van der Waals surface area contributed by atoms with Gasteiger partial charge in [0.05, 0.1) is 17.8 Å². The average molecular weight is 284 g/mol. The summed E-state index contributed by atoms with van der Waals surface area (Å²) in [6, 6.07) is 9.16. The number of aryl methyl sites for hydroxylation is 1. The van der Waals surface area contributed by atoms with E-state index >= 15 is 0 Å². The number of benzene rings is 1. The Balaban J connectivity index is 2.25. The highest BCUT2D eigenvalue weighted by molar-refractivity contribution is 5.99. The Morgan fingerprint density at radius 1 is 1.33 bits per heavy atom. The molecule has 1 aromatic heterocycles. The fourth-order valence-electron chi connectivity index (χ4n) is 2.02. The quantitative estimate of drug-likeness (QED) is 0.845. The van der Waals surface area contributed by atoms with Gasteiger partial charge in [-0.05, 0) is 36.8 Å². The second kappa shape index (κ2) is 6.26. The van der Waals surface area contributed by atoms with Gasteiger partial charge < -0.3 is 16.0 Å². The molecule has 110 valence electrons. The van der Waals surface area contributed by atoms with Crippen LogP contribution >= 0.6 is 0 Å². The number of rotatable bonds is 4. The van der Waals surface area contributed by atoms with E-state index in [0.29, 0.717) is 17.8 Å². The standard InChI is InChI=1S/C16H20N4O/c1-11-5-4-8-18-15(11)10-19-14-9-12(17)6-7-13(14)16(21)20(2)3/h4-9,19H,10,17H2,1-3H3. The first-order chi connectivity index (χ1) is 9.99. The van der Waals surface area contributed by atoms with Crippen LogP contribution in [0.5, 0.6) is 0 Å². The predicted octanol–water partition coefficient (Wildman–Crippen LogP) is 2.29. The summed E-state index contributed by atoms with van der Waals surface area (Å²) in [6.07, 6.45) is 1.76. The molecular weight excluding hydrogens is 264 g/mol. The Morgan fingerprint density at radius 3 is 2.76 bits per heavy atom. The van der Waals surface area contributed by atoms with Gasteiger partial charge in [0.25, 0.3) is 5.91 Å². The summed E-state index contributed by atoms with van der Waals surface area (Å²) in [7, 11) is 3.46. The summed E-state index contributed by atoms with van der Waals surface area (Å²) >= 11 is 0. The van der Waals surface area contributed by atoms with Crippen molar-refractivity contribution in [3.8, 4) is 0 Å². The van der Waals surface area contributed by atoms with E-state index in [1.807, 2.05) is 19.1 Å². The molecule has 0 radical (unpaired) electrons. The van der Waals surface area contributed by atoms with Crippen LogP contribution in [0.4, 0.5) is 11.4 Å². The van der Waals surface area contributed by atoms with Gasteiger partial charge in [0, 0.05) is 31.7 Å². The van der Waals surface area contributed by atoms with Crippen molar-refractivity contribution in [1.82, 2.24) is 9.88 Å². The average Bonchev–Trinajstić information content (AvgIpc) is 2.46. The lowest BCUT2D eigenvalue weighted by molar-refractivity contribution is 0.0828. The van der Waals surface area contributed by atoms with Gasteiger partial charge in [-0.2, -0.15) is 0 Å². The molecule has 2 rings (SSSR count). The molecule has 5 nitrogen and oxygen atoms in total. The van der Waals surface area contributed by atoms with Crippen molar-refractivity contribution in [3.63, 3.8) is 0 Å². The van der Waals surface area contributed by atoms with Crippen molar-refractivity contribution in [2.45, 2.75) is 13.5 Å². The van der Waals surface area contributed by atoms with Crippen molar-refractivity contribution in [2.24, 2.45) is 0 Å². The number of carbonyl (C=O) groups excluding carboxylic acids is 1. The molecular formula is C16H20N4O. The molecule has 21 heavy (non-hydrogen) atoms. The number of anilines is 2.